The summed E-state index contributed by atoms with van der Waals surface area (Å²) in [5, 5.41) is 23.3. The third-order valence-electron chi connectivity index (χ3n) is 15.6. The Morgan fingerprint density at radius 3 is 1.08 bits per heavy atom. The van der Waals surface area contributed by atoms with Crippen molar-refractivity contribution in [2.24, 2.45) is 0 Å². The van der Waals surface area contributed by atoms with Crippen LogP contribution in [-0.4, -0.2) is 47.4 Å². The van der Waals surface area contributed by atoms with Crippen LogP contribution in [0, 0.1) is 0 Å². The maximum Gasteiger partial charge on any atom is 0.305 e. The van der Waals surface area contributed by atoms with E-state index in [4.69, 9.17) is 4.74 Å². The van der Waals surface area contributed by atoms with Crippen LogP contribution >= 0.6 is 0 Å². The van der Waals surface area contributed by atoms with Crippen LogP contribution in [0.15, 0.2) is 36.5 Å². The van der Waals surface area contributed by atoms with Gasteiger partial charge < -0.3 is 20.3 Å². The molecule has 3 N–H and O–H groups in total. The lowest BCUT2D eigenvalue weighted by atomic mass is 10.0. The van der Waals surface area contributed by atoms with Crippen molar-refractivity contribution in [2.75, 3.05) is 13.2 Å². The largest absolute Gasteiger partial charge is 0.466 e. The van der Waals surface area contributed by atoms with Crippen molar-refractivity contribution >= 4 is 11.9 Å². The summed E-state index contributed by atoms with van der Waals surface area (Å²) >= 11 is 0. The predicted octanol–water partition coefficient (Wildman–Crippen LogP) is 21.5. The first kappa shape index (κ1) is 73.1. The zero-order chi connectivity index (χ0) is 54.3. The lowest BCUT2D eigenvalue weighted by molar-refractivity contribution is -0.143. The summed E-state index contributed by atoms with van der Waals surface area (Å²) in [6.07, 6.45) is 81.9. The van der Waals surface area contributed by atoms with Crippen molar-refractivity contribution in [1.82, 2.24) is 5.32 Å². The van der Waals surface area contributed by atoms with Crippen LogP contribution in [0.4, 0.5) is 0 Å². The molecule has 0 heterocycles. The number of rotatable bonds is 63. The minimum Gasteiger partial charge on any atom is -0.466 e. The van der Waals surface area contributed by atoms with Gasteiger partial charge in [-0.15, -0.1) is 0 Å². The Morgan fingerprint density at radius 2 is 0.693 bits per heavy atom. The van der Waals surface area contributed by atoms with Crippen molar-refractivity contribution in [3.05, 3.63) is 36.5 Å². The van der Waals surface area contributed by atoms with E-state index in [9.17, 15) is 19.8 Å². The molecule has 0 fully saturated rings. The highest BCUT2D eigenvalue weighted by Gasteiger charge is 2.20. The second kappa shape index (κ2) is 64.6. The second-order valence-electron chi connectivity index (χ2n) is 23.1. The number of allylic oxidation sites excluding steroid dienone is 6. The molecule has 2 atom stereocenters. The van der Waals surface area contributed by atoms with Gasteiger partial charge in [0, 0.05) is 12.8 Å². The molecule has 0 aromatic carbocycles. The van der Waals surface area contributed by atoms with Crippen molar-refractivity contribution in [2.45, 2.75) is 379 Å². The number of hydrogen-bond donors (Lipinski definition) is 3. The minimum absolute atomic E-state index is 0.00238. The van der Waals surface area contributed by atoms with Crippen molar-refractivity contribution in [1.29, 1.82) is 0 Å². The van der Waals surface area contributed by atoms with E-state index in [0.29, 0.717) is 25.9 Å². The summed E-state index contributed by atoms with van der Waals surface area (Å²) in [6, 6.07) is -0.539. The monoisotopic (exact) mass is 1050 g/mol. The standard InChI is InChI=1S/C69H131NO5/c1-3-5-7-9-11-13-15-17-38-41-45-49-53-57-61-67(72)66(65-71)70-68(73)62-58-54-50-46-42-39-35-33-31-29-27-25-23-21-19-18-20-22-24-26-28-30-32-34-36-40-44-48-52-56-60-64-75-69(74)63-59-55-51-47-43-37-16-14-12-10-8-6-4-2/h8,10,14,16,20,22,66-67,71-72H,3-7,9,11-13,15,17-19,21,23-65H2,1-2H3,(H,70,73)/b10-8-,16-14-,22-20-. The van der Waals surface area contributed by atoms with Crippen LogP contribution in [0.5, 0.6) is 0 Å². The fraction of sp³-hybridized carbons (Fsp3) is 0.884. The van der Waals surface area contributed by atoms with E-state index in [1.165, 1.54) is 283 Å². The average molecular weight is 1050 g/mol. The summed E-state index contributed by atoms with van der Waals surface area (Å²) in [4.78, 5) is 24.5. The van der Waals surface area contributed by atoms with Gasteiger partial charge in [-0.25, -0.2) is 0 Å². The minimum atomic E-state index is -0.662. The number of aliphatic hydroxyl groups is 2. The Morgan fingerprint density at radius 1 is 0.373 bits per heavy atom. The van der Waals surface area contributed by atoms with Crippen molar-refractivity contribution in [3.8, 4) is 0 Å². The highest BCUT2D eigenvalue weighted by Crippen LogP contribution is 2.18. The zero-order valence-corrected chi connectivity index (χ0v) is 50.5. The molecule has 6 heteroatoms. The number of hydrogen-bond acceptors (Lipinski definition) is 5. The first-order valence-electron chi connectivity index (χ1n) is 33.7. The fourth-order valence-electron chi connectivity index (χ4n) is 10.5. The lowest BCUT2D eigenvalue weighted by Crippen LogP contribution is -2.45. The third-order valence-corrected chi connectivity index (χ3v) is 15.6. The summed E-state index contributed by atoms with van der Waals surface area (Å²) in [5.74, 6) is -0.0287. The second-order valence-corrected chi connectivity index (χ2v) is 23.1. The number of unbranched alkanes of at least 4 members (excludes halogenated alkanes) is 46. The number of carbonyl (C=O) groups excluding carboxylic acids is 2. The molecule has 0 aliphatic heterocycles. The van der Waals surface area contributed by atoms with E-state index >= 15 is 0 Å². The Labute approximate surface area is 468 Å². The number of amides is 1. The highest BCUT2D eigenvalue weighted by atomic mass is 16.5. The molecule has 2 unspecified atom stereocenters. The molecule has 75 heavy (non-hydrogen) atoms. The van der Waals surface area contributed by atoms with Gasteiger partial charge in [-0.05, 0) is 77.0 Å². The van der Waals surface area contributed by atoms with Crippen molar-refractivity contribution < 1.29 is 24.5 Å². The summed E-state index contributed by atoms with van der Waals surface area (Å²) in [5.41, 5.74) is 0. The van der Waals surface area contributed by atoms with Gasteiger partial charge in [-0.2, -0.15) is 0 Å². The Balaban J connectivity index is 3.35. The number of nitrogens with one attached hydrogen (secondary N) is 1. The highest BCUT2D eigenvalue weighted by molar-refractivity contribution is 5.76. The normalized spacial score (nSPS) is 12.7. The van der Waals surface area contributed by atoms with Crippen LogP contribution in [0.1, 0.15) is 367 Å². The van der Waals surface area contributed by atoms with Crippen LogP contribution in [0.25, 0.3) is 0 Å². The lowest BCUT2D eigenvalue weighted by Gasteiger charge is -2.22. The molecule has 0 bridgehead atoms. The average Bonchev–Trinajstić information content (AvgIpc) is 3.41. The van der Waals surface area contributed by atoms with Gasteiger partial charge >= 0.3 is 5.97 Å². The fourth-order valence-corrected chi connectivity index (χ4v) is 10.5. The van der Waals surface area contributed by atoms with E-state index in [0.717, 1.165) is 51.4 Å². The maximum absolute atomic E-state index is 12.5. The summed E-state index contributed by atoms with van der Waals surface area (Å²) in [7, 11) is 0. The van der Waals surface area contributed by atoms with E-state index in [2.05, 4.69) is 55.6 Å². The molecule has 0 aliphatic carbocycles. The van der Waals surface area contributed by atoms with Gasteiger partial charge in [0.15, 0.2) is 0 Å². The van der Waals surface area contributed by atoms with Gasteiger partial charge in [0.05, 0.1) is 25.4 Å². The van der Waals surface area contributed by atoms with E-state index in [-0.39, 0.29) is 18.5 Å². The third kappa shape index (κ3) is 61.2. The van der Waals surface area contributed by atoms with E-state index < -0.39 is 12.1 Å². The first-order chi connectivity index (χ1) is 37.0. The molecule has 0 aromatic rings. The number of carbonyl (C=O) groups is 2. The molecule has 1 amide bonds. The Kier molecular flexibility index (Phi) is 63.0. The molecule has 0 spiro atoms. The molecular formula is C69H131NO5. The molecular weight excluding hydrogens is 923 g/mol. The van der Waals surface area contributed by atoms with Gasteiger partial charge in [-0.1, -0.05) is 314 Å². The molecule has 0 saturated carbocycles. The number of esters is 1. The molecule has 0 radical (unpaired) electrons. The molecule has 0 aliphatic rings. The molecule has 0 saturated heterocycles. The van der Waals surface area contributed by atoms with Gasteiger partial charge in [0.25, 0.3) is 0 Å². The number of aliphatic hydroxyl groups excluding tert-OH is 2. The van der Waals surface area contributed by atoms with Crippen LogP contribution in [0.3, 0.4) is 0 Å². The van der Waals surface area contributed by atoms with Gasteiger partial charge in [0.2, 0.25) is 5.91 Å². The SMILES string of the molecule is CCC/C=C\C/C=C\CCCCCCCC(=O)OCCCCCCCCCCCCCC/C=C\CCCCCCCCCCCCCCCCCC(=O)NC(CO)C(O)CCCCCCCCCCCCCCCC. The quantitative estimate of drug-likeness (QED) is 0.0320. The predicted molar refractivity (Wildman–Crippen MR) is 329 cm³/mol. The van der Waals surface area contributed by atoms with Crippen molar-refractivity contribution in [3.63, 3.8) is 0 Å². The van der Waals surface area contributed by atoms with E-state index in [1.807, 2.05) is 0 Å². The smallest absolute Gasteiger partial charge is 0.305 e. The van der Waals surface area contributed by atoms with E-state index in [1.54, 1.807) is 0 Å². The number of ether oxygens (including phenoxy) is 1. The summed E-state index contributed by atoms with van der Waals surface area (Å²) < 4.78 is 5.47. The maximum atomic E-state index is 12.5. The van der Waals surface area contributed by atoms with Gasteiger partial charge in [-0.3, -0.25) is 9.59 Å². The van der Waals surface area contributed by atoms with Crippen LogP contribution in [-0.2, 0) is 14.3 Å². The first-order valence-corrected chi connectivity index (χ1v) is 33.7. The zero-order valence-electron chi connectivity index (χ0n) is 50.5. The molecule has 442 valence electrons. The molecule has 0 rings (SSSR count). The van der Waals surface area contributed by atoms with Crippen LogP contribution < -0.4 is 5.32 Å². The van der Waals surface area contributed by atoms with Crippen LogP contribution in [0.2, 0.25) is 0 Å². The Hall–Kier alpha value is -1.92. The van der Waals surface area contributed by atoms with Gasteiger partial charge in [0.1, 0.15) is 0 Å². The molecule has 6 nitrogen and oxygen atoms in total. The topological polar surface area (TPSA) is 95.9 Å². The Bertz CT molecular complexity index is 1210. The molecule has 0 aromatic heterocycles. The summed E-state index contributed by atoms with van der Waals surface area (Å²) in [6.45, 7) is 4.90.